The van der Waals surface area contributed by atoms with E-state index in [9.17, 15) is 9.59 Å². The van der Waals surface area contributed by atoms with Crippen molar-refractivity contribution < 1.29 is 14.1 Å². The molecule has 1 aliphatic carbocycles. The number of carbonyl (C=O) groups excluding carboxylic acids is 2. The molecule has 138 valence electrons. The minimum Gasteiger partial charge on any atom is -0.345 e. The Morgan fingerprint density at radius 2 is 1.96 bits per heavy atom. The maximum absolute atomic E-state index is 12.3. The van der Waals surface area contributed by atoms with Gasteiger partial charge in [-0.3, -0.25) is 9.59 Å². The van der Waals surface area contributed by atoms with Gasteiger partial charge in [0, 0.05) is 32.5 Å². The number of aromatic nitrogens is 2. The summed E-state index contributed by atoms with van der Waals surface area (Å²) in [6, 6.07) is 9.60. The van der Waals surface area contributed by atoms with Crippen LogP contribution in [0.15, 0.2) is 34.9 Å². The van der Waals surface area contributed by atoms with Crippen LogP contribution in [0.5, 0.6) is 0 Å². The van der Waals surface area contributed by atoms with E-state index in [1.165, 1.54) is 0 Å². The predicted octanol–water partition coefficient (Wildman–Crippen LogP) is 2.19. The van der Waals surface area contributed by atoms with Crippen molar-refractivity contribution in [3.63, 3.8) is 0 Å². The Hall–Kier alpha value is -2.70. The lowest BCUT2D eigenvalue weighted by atomic mass is 10.1. The first kappa shape index (κ1) is 18.1. The van der Waals surface area contributed by atoms with Gasteiger partial charge >= 0.3 is 11.8 Å². The monoisotopic (exact) mass is 356 g/mol. The van der Waals surface area contributed by atoms with Gasteiger partial charge in [-0.25, -0.2) is 0 Å². The number of nitrogens with zero attached hydrogens (tertiary/aromatic N) is 3. The second-order valence-electron chi connectivity index (χ2n) is 6.68. The van der Waals surface area contributed by atoms with E-state index in [4.69, 9.17) is 4.52 Å². The highest BCUT2D eigenvalue weighted by Crippen LogP contribution is 2.26. The predicted molar refractivity (Wildman–Crippen MR) is 95.2 cm³/mol. The molecule has 0 spiro atoms. The molecule has 1 aromatic carbocycles. The lowest BCUT2D eigenvalue weighted by molar-refractivity contribution is -0.133. The Morgan fingerprint density at radius 3 is 2.69 bits per heavy atom. The lowest BCUT2D eigenvalue weighted by Crippen LogP contribution is -2.33. The molecule has 1 heterocycles. The first-order valence-electron chi connectivity index (χ1n) is 9.03. The normalized spacial score (nSPS) is 14.3. The SMILES string of the molecule is CN(CCc1noc(C(=O)NCc2ccccc2)n1)C(=O)C1CCCC1. The molecule has 1 fully saturated rings. The summed E-state index contributed by atoms with van der Waals surface area (Å²) < 4.78 is 5.03. The minimum atomic E-state index is -0.400. The zero-order valence-electron chi connectivity index (χ0n) is 15.0. The van der Waals surface area contributed by atoms with E-state index in [0.717, 1.165) is 31.2 Å². The van der Waals surface area contributed by atoms with E-state index >= 15 is 0 Å². The van der Waals surface area contributed by atoms with Gasteiger partial charge in [-0.2, -0.15) is 4.98 Å². The van der Waals surface area contributed by atoms with Gasteiger partial charge < -0.3 is 14.7 Å². The maximum Gasteiger partial charge on any atom is 0.315 e. The van der Waals surface area contributed by atoms with Crippen molar-refractivity contribution in [2.45, 2.75) is 38.6 Å². The molecule has 1 saturated carbocycles. The summed E-state index contributed by atoms with van der Waals surface area (Å²) in [4.78, 5) is 30.2. The summed E-state index contributed by atoms with van der Waals surface area (Å²) in [6.45, 7) is 0.913. The first-order valence-corrected chi connectivity index (χ1v) is 9.03. The molecule has 2 aromatic rings. The zero-order valence-corrected chi connectivity index (χ0v) is 15.0. The molecule has 1 N–H and O–H groups in total. The van der Waals surface area contributed by atoms with E-state index in [2.05, 4.69) is 15.5 Å². The molecule has 7 heteroatoms. The molecule has 2 amide bonds. The number of rotatable bonds is 7. The molecule has 0 bridgehead atoms. The van der Waals surface area contributed by atoms with E-state index in [0.29, 0.717) is 25.3 Å². The van der Waals surface area contributed by atoms with E-state index < -0.39 is 5.91 Å². The lowest BCUT2D eigenvalue weighted by Gasteiger charge is -2.20. The summed E-state index contributed by atoms with van der Waals surface area (Å²) in [5.74, 6) is 0.320. The van der Waals surface area contributed by atoms with Crippen LogP contribution >= 0.6 is 0 Å². The highest BCUT2D eigenvalue weighted by Gasteiger charge is 2.25. The zero-order chi connectivity index (χ0) is 18.4. The minimum absolute atomic E-state index is 0.0549. The van der Waals surface area contributed by atoms with Gasteiger partial charge in [0.2, 0.25) is 5.91 Å². The average Bonchev–Trinajstić information content (AvgIpc) is 3.36. The van der Waals surface area contributed by atoms with Crippen molar-refractivity contribution >= 4 is 11.8 Å². The molecular formula is C19H24N4O3. The number of nitrogens with one attached hydrogen (secondary N) is 1. The fourth-order valence-electron chi connectivity index (χ4n) is 3.16. The van der Waals surface area contributed by atoms with Crippen LogP contribution in [0.25, 0.3) is 0 Å². The van der Waals surface area contributed by atoms with Crippen LogP contribution in [-0.4, -0.2) is 40.4 Å². The van der Waals surface area contributed by atoms with Gasteiger partial charge in [0.05, 0.1) is 0 Å². The Morgan fingerprint density at radius 1 is 1.23 bits per heavy atom. The molecule has 26 heavy (non-hydrogen) atoms. The van der Waals surface area contributed by atoms with Crippen molar-refractivity contribution in [3.05, 3.63) is 47.6 Å². The van der Waals surface area contributed by atoms with Crippen LogP contribution in [0, 0.1) is 5.92 Å². The molecule has 0 atom stereocenters. The molecule has 0 saturated heterocycles. The van der Waals surface area contributed by atoms with Crippen LogP contribution < -0.4 is 5.32 Å². The third-order valence-corrected chi connectivity index (χ3v) is 4.71. The van der Waals surface area contributed by atoms with E-state index in [-0.39, 0.29) is 17.7 Å². The fraction of sp³-hybridized carbons (Fsp3) is 0.474. The number of benzene rings is 1. The average molecular weight is 356 g/mol. The first-order chi connectivity index (χ1) is 12.6. The molecule has 0 radical (unpaired) electrons. The number of hydrogen-bond acceptors (Lipinski definition) is 5. The topological polar surface area (TPSA) is 88.3 Å². The van der Waals surface area contributed by atoms with Crippen molar-refractivity contribution in [3.8, 4) is 0 Å². The smallest absolute Gasteiger partial charge is 0.315 e. The van der Waals surface area contributed by atoms with Crippen LogP contribution in [0.2, 0.25) is 0 Å². The molecular weight excluding hydrogens is 332 g/mol. The summed E-state index contributed by atoms with van der Waals surface area (Å²) in [5.41, 5.74) is 0.993. The molecule has 7 nitrogen and oxygen atoms in total. The van der Waals surface area contributed by atoms with Crippen molar-refractivity contribution in [1.82, 2.24) is 20.4 Å². The second-order valence-corrected chi connectivity index (χ2v) is 6.68. The van der Waals surface area contributed by atoms with Crippen LogP contribution in [-0.2, 0) is 17.8 Å². The van der Waals surface area contributed by atoms with Gasteiger partial charge in [-0.05, 0) is 18.4 Å². The van der Waals surface area contributed by atoms with Crippen LogP contribution in [0.3, 0.4) is 0 Å². The Bertz CT molecular complexity index is 738. The second kappa shape index (κ2) is 8.60. The van der Waals surface area contributed by atoms with E-state index in [1.54, 1.807) is 11.9 Å². The largest absolute Gasteiger partial charge is 0.345 e. The highest BCUT2D eigenvalue weighted by atomic mass is 16.5. The van der Waals surface area contributed by atoms with Gasteiger partial charge in [0.15, 0.2) is 5.82 Å². The standard InChI is InChI=1S/C19H24N4O3/c1-23(19(25)15-9-5-6-10-15)12-11-16-21-18(26-22-16)17(24)20-13-14-7-3-2-4-8-14/h2-4,7-8,15H,5-6,9-13H2,1H3,(H,20,24). The van der Waals surface area contributed by atoms with Crippen molar-refractivity contribution in [2.24, 2.45) is 5.92 Å². The van der Waals surface area contributed by atoms with Gasteiger partial charge in [-0.15, -0.1) is 0 Å². The van der Waals surface area contributed by atoms with Gasteiger partial charge in [0.25, 0.3) is 0 Å². The number of carbonyl (C=O) groups is 2. The highest BCUT2D eigenvalue weighted by molar-refractivity contribution is 5.89. The Labute approximate surface area is 152 Å². The third-order valence-electron chi connectivity index (χ3n) is 4.71. The van der Waals surface area contributed by atoms with Crippen molar-refractivity contribution in [1.29, 1.82) is 0 Å². The maximum atomic E-state index is 12.3. The van der Waals surface area contributed by atoms with Gasteiger partial charge in [-0.1, -0.05) is 48.3 Å². The third kappa shape index (κ3) is 4.68. The van der Waals surface area contributed by atoms with Crippen molar-refractivity contribution in [2.75, 3.05) is 13.6 Å². The van der Waals surface area contributed by atoms with Crippen LogP contribution in [0.1, 0.15) is 47.8 Å². The molecule has 1 aliphatic rings. The number of likely N-dealkylation sites (N-methyl/N-ethyl adjacent to an activating group) is 1. The molecule has 0 unspecified atom stereocenters. The summed E-state index contributed by atoms with van der Waals surface area (Å²) >= 11 is 0. The van der Waals surface area contributed by atoms with Crippen LogP contribution in [0.4, 0.5) is 0 Å². The number of hydrogen-bond donors (Lipinski definition) is 1. The molecule has 3 rings (SSSR count). The summed E-state index contributed by atoms with van der Waals surface area (Å²) in [7, 11) is 1.80. The van der Waals surface area contributed by atoms with E-state index in [1.807, 2.05) is 30.3 Å². The summed E-state index contributed by atoms with van der Waals surface area (Å²) in [5, 5.41) is 6.59. The Balaban J connectivity index is 1.46. The Kier molecular flexibility index (Phi) is 5.99. The summed E-state index contributed by atoms with van der Waals surface area (Å²) in [6.07, 6.45) is 4.70. The quantitative estimate of drug-likeness (QED) is 0.821. The van der Waals surface area contributed by atoms with Gasteiger partial charge in [0.1, 0.15) is 0 Å². The number of amides is 2. The molecule has 1 aromatic heterocycles. The fourth-order valence-corrected chi connectivity index (χ4v) is 3.16. The molecule has 0 aliphatic heterocycles.